The highest BCUT2D eigenvalue weighted by Gasteiger charge is 2.43. The van der Waals surface area contributed by atoms with Gasteiger partial charge in [0.1, 0.15) is 5.71 Å². The summed E-state index contributed by atoms with van der Waals surface area (Å²) in [6.07, 6.45) is 1.47. The molecule has 7 heteroatoms. The van der Waals surface area contributed by atoms with Gasteiger partial charge in [-0.1, -0.05) is 28.9 Å². The Morgan fingerprint density at radius 3 is 2.86 bits per heavy atom. The van der Waals surface area contributed by atoms with Crippen molar-refractivity contribution >= 4 is 35.6 Å². The van der Waals surface area contributed by atoms with Crippen LogP contribution in [0.5, 0.6) is 0 Å². The zero-order chi connectivity index (χ0) is 14.0. The molecule has 1 atom stereocenters. The quantitative estimate of drug-likeness (QED) is 0.890. The first-order valence-electron chi connectivity index (χ1n) is 6.65. The minimum absolute atomic E-state index is 0. The molecule has 1 fully saturated rings. The van der Waals surface area contributed by atoms with Gasteiger partial charge < -0.3 is 15.5 Å². The minimum Gasteiger partial charge on any atom is -0.387 e. The van der Waals surface area contributed by atoms with E-state index in [-0.39, 0.29) is 23.9 Å². The molecule has 0 saturated carbocycles. The van der Waals surface area contributed by atoms with Gasteiger partial charge in [-0.05, 0) is 24.2 Å². The molecule has 0 radical (unpaired) electrons. The van der Waals surface area contributed by atoms with Crippen molar-refractivity contribution in [3.63, 3.8) is 0 Å². The first-order valence-corrected chi connectivity index (χ1v) is 7.03. The molecule has 0 aromatic heterocycles. The van der Waals surface area contributed by atoms with Crippen LogP contribution in [0.1, 0.15) is 18.4 Å². The molecule has 2 aliphatic rings. The van der Waals surface area contributed by atoms with E-state index < -0.39 is 0 Å². The molecule has 0 aliphatic carbocycles. The topological polar surface area (TPSA) is 62.7 Å². The van der Waals surface area contributed by atoms with Gasteiger partial charge in [0, 0.05) is 31.0 Å². The van der Waals surface area contributed by atoms with Gasteiger partial charge in [-0.25, -0.2) is 0 Å². The number of nitrogens with zero attached hydrogens (tertiary/aromatic N) is 1. The fraction of sp³-hybridized carbons (Fsp3) is 0.429. The molecule has 1 unspecified atom stereocenters. The lowest BCUT2D eigenvalue weighted by Gasteiger charge is -2.18. The fourth-order valence-corrected chi connectivity index (χ4v) is 2.61. The number of oxime groups is 1. The molecule has 1 amide bonds. The van der Waals surface area contributed by atoms with E-state index in [0.29, 0.717) is 23.7 Å². The lowest BCUT2D eigenvalue weighted by atomic mass is 9.96. The monoisotopic (exact) mass is 329 g/mol. The third kappa shape index (κ3) is 3.67. The molecule has 2 N–H and O–H groups in total. The summed E-state index contributed by atoms with van der Waals surface area (Å²) in [6.45, 7) is 2.12. The van der Waals surface area contributed by atoms with Crippen LogP contribution in [0.4, 0.5) is 0 Å². The summed E-state index contributed by atoms with van der Waals surface area (Å²) in [5.74, 6) is -0.163. The van der Waals surface area contributed by atoms with Crippen LogP contribution in [-0.4, -0.2) is 30.3 Å². The van der Waals surface area contributed by atoms with E-state index in [1.54, 1.807) is 12.1 Å². The van der Waals surface area contributed by atoms with Crippen LogP contribution in [0.25, 0.3) is 0 Å². The highest BCUT2D eigenvalue weighted by molar-refractivity contribution is 6.39. The van der Waals surface area contributed by atoms with Gasteiger partial charge in [0.05, 0.1) is 0 Å². The smallest absolute Gasteiger partial charge is 0.269 e. The SMILES string of the molecule is Cl.O=C(NCc1ccc(Cl)cc1)C1=NOC2(CCNC2)C1. The maximum atomic E-state index is 12.1. The first kappa shape index (κ1) is 16.1. The summed E-state index contributed by atoms with van der Waals surface area (Å²) >= 11 is 5.82. The number of carbonyl (C=O) groups excluding carboxylic acids is 1. The number of carbonyl (C=O) groups is 1. The summed E-state index contributed by atoms with van der Waals surface area (Å²) < 4.78 is 0. The second kappa shape index (κ2) is 6.64. The Hall–Kier alpha value is -1.30. The van der Waals surface area contributed by atoms with Gasteiger partial charge in [0.2, 0.25) is 0 Å². The summed E-state index contributed by atoms with van der Waals surface area (Å²) in [5.41, 5.74) is 1.18. The number of halogens is 2. The van der Waals surface area contributed by atoms with Crippen LogP contribution >= 0.6 is 24.0 Å². The van der Waals surface area contributed by atoms with Crippen LogP contribution in [0.2, 0.25) is 5.02 Å². The summed E-state index contributed by atoms with van der Waals surface area (Å²) in [6, 6.07) is 7.38. The maximum absolute atomic E-state index is 12.1. The molecule has 21 heavy (non-hydrogen) atoms. The number of hydrogen-bond donors (Lipinski definition) is 2. The molecule has 1 aromatic rings. The van der Waals surface area contributed by atoms with E-state index in [1.165, 1.54) is 0 Å². The Morgan fingerprint density at radius 2 is 2.19 bits per heavy atom. The molecular formula is C14H17Cl2N3O2. The van der Waals surface area contributed by atoms with Crippen molar-refractivity contribution in [2.45, 2.75) is 25.0 Å². The van der Waals surface area contributed by atoms with Gasteiger partial charge in [-0.2, -0.15) is 0 Å². The van der Waals surface area contributed by atoms with Gasteiger partial charge in [0.25, 0.3) is 5.91 Å². The van der Waals surface area contributed by atoms with Crippen LogP contribution in [0.15, 0.2) is 29.4 Å². The molecule has 0 bridgehead atoms. The molecule has 1 aromatic carbocycles. The van der Waals surface area contributed by atoms with Gasteiger partial charge >= 0.3 is 0 Å². The number of hydrogen-bond acceptors (Lipinski definition) is 4. The van der Waals surface area contributed by atoms with Gasteiger partial charge in [-0.15, -0.1) is 12.4 Å². The Balaban J connectivity index is 0.00000161. The van der Waals surface area contributed by atoms with Gasteiger partial charge in [0.15, 0.2) is 5.60 Å². The first-order chi connectivity index (χ1) is 9.67. The Bertz CT molecular complexity index is 540. The number of benzene rings is 1. The van der Waals surface area contributed by atoms with Crippen LogP contribution < -0.4 is 10.6 Å². The van der Waals surface area contributed by atoms with Crippen LogP contribution in [0, 0.1) is 0 Å². The summed E-state index contributed by atoms with van der Waals surface area (Å²) in [4.78, 5) is 17.5. The highest BCUT2D eigenvalue weighted by Crippen LogP contribution is 2.29. The van der Waals surface area contributed by atoms with Crippen LogP contribution in [-0.2, 0) is 16.2 Å². The molecule has 114 valence electrons. The van der Waals surface area contributed by atoms with Crippen LogP contribution in [0.3, 0.4) is 0 Å². The second-order valence-corrected chi connectivity index (χ2v) is 5.66. The molecule has 3 rings (SSSR count). The van der Waals surface area contributed by atoms with E-state index in [2.05, 4.69) is 15.8 Å². The second-order valence-electron chi connectivity index (χ2n) is 5.22. The Kier molecular flexibility index (Phi) is 5.08. The van der Waals surface area contributed by atoms with Crippen molar-refractivity contribution < 1.29 is 9.63 Å². The maximum Gasteiger partial charge on any atom is 0.269 e. The zero-order valence-electron chi connectivity index (χ0n) is 11.4. The van der Waals surface area contributed by atoms with E-state index in [9.17, 15) is 4.79 Å². The number of amides is 1. The molecular weight excluding hydrogens is 313 g/mol. The predicted molar refractivity (Wildman–Crippen MR) is 83.9 cm³/mol. The molecule has 1 saturated heterocycles. The van der Waals surface area contributed by atoms with E-state index in [4.69, 9.17) is 16.4 Å². The van der Waals surface area contributed by atoms with E-state index >= 15 is 0 Å². The van der Waals surface area contributed by atoms with Gasteiger partial charge in [-0.3, -0.25) is 4.79 Å². The molecule has 2 aliphatic heterocycles. The average Bonchev–Trinajstić information content (AvgIpc) is 3.09. The number of rotatable bonds is 3. The van der Waals surface area contributed by atoms with E-state index in [0.717, 1.165) is 25.1 Å². The predicted octanol–water partition coefficient (Wildman–Crippen LogP) is 1.89. The third-order valence-corrected chi connectivity index (χ3v) is 3.92. The molecule has 5 nitrogen and oxygen atoms in total. The fourth-order valence-electron chi connectivity index (χ4n) is 2.48. The minimum atomic E-state index is -0.299. The van der Waals surface area contributed by atoms with E-state index in [1.807, 2.05) is 12.1 Å². The summed E-state index contributed by atoms with van der Waals surface area (Å²) in [7, 11) is 0. The molecule has 2 heterocycles. The van der Waals surface area contributed by atoms with Crippen molar-refractivity contribution in [1.82, 2.24) is 10.6 Å². The summed E-state index contributed by atoms with van der Waals surface area (Å²) in [5, 5.41) is 10.7. The van der Waals surface area contributed by atoms with Crippen molar-refractivity contribution in [2.24, 2.45) is 5.16 Å². The largest absolute Gasteiger partial charge is 0.387 e. The Labute approximate surface area is 134 Å². The lowest BCUT2D eigenvalue weighted by molar-refractivity contribution is -0.115. The third-order valence-electron chi connectivity index (χ3n) is 3.67. The molecule has 1 spiro atoms. The normalized spacial score (nSPS) is 23.4. The van der Waals surface area contributed by atoms with Crippen molar-refractivity contribution in [3.05, 3.63) is 34.9 Å². The standard InChI is InChI=1S/C14H16ClN3O2.ClH/c15-11-3-1-10(2-4-11)8-17-13(19)12-7-14(20-18-12)5-6-16-9-14;/h1-4,16H,5-9H2,(H,17,19);1H. The average molecular weight is 330 g/mol. The highest BCUT2D eigenvalue weighted by atomic mass is 35.5. The zero-order valence-corrected chi connectivity index (χ0v) is 13.0. The number of nitrogens with one attached hydrogen (secondary N) is 2. The van der Waals surface area contributed by atoms with Crippen molar-refractivity contribution in [2.75, 3.05) is 13.1 Å². The van der Waals surface area contributed by atoms with Crippen molar-refractivity contribution in [3.8, 4) is 0 Å². The van der Waals surface area contributed by atoms with Crippen molar-refractivity contribution in [1.29, 1.82) is 0 Å². The Morgan fingerprint density at radius 1 is 1.43 bits per heavy atom. The lowest BCUT2D eigenvalue weighted by Crippen LogP contribution is -2.36.